The van der Waals surface area contributed by atoms with E-state index in [2.05, 4.69) is 52.0 Å². The number of allylic oxidation sites excluding steroid dienone is 1. The lowest BCUT2D eigenvalue weighted by Gasteiger charge is -2.03. The Morgan fingerprint density at radius 2 is 1.76 bits per heavy atom. The summed E-state index contributed by atoms with van der Waals surface area (Å²) >= 11 is 3.42. The monoisotopic (exact) mass is 340 g/mol. The molecule has 2 heteroatoms. The molecule has 0 aliphatic heterocycles. The molecular weight excluding hydrogens is 324 g/mol. The average molecular weight is 341 g/mol. The highest BCUT2D eigenvalue weighted by atomic mass is 79.9. The molecule has 1 nitrogen and oxygen atoms in total. The van der Waals surface area contributed by atoms with Gasteiger partial charge in [-0.05, 0) is 47.9 Å². The average Bonchev–Trinajstić information content (AvgIpc) is 2.51. The third-order valence-electron chi connectivity index (χ3n) is 3.04. The van der Waals surface area contributed by atoms with E-state index in [4.69, 9.17) is 4.74 Å². The molecule has 0 fully saturated rings. The van der Waals surface area contributed by atoms with Crippen molar-refractivity contribution in [1.29, 1.82) is 0 Å². The minimum atomic E-state index is 0.757. The van der Waals surface area contributed by atoms with Gasteiger partial charge in [0.25, 0.3) is 0 Å². The molecule has 0 unspecified atom stereocenters. The molecule has 0 bridgehead atoms. The SMILES string of the molecule is CO/C=C/Cc1ccccc1CC#Cc1ccc(Br)cc1. The molecule has 0 heterocycles. The van der Waals surface area contributed by atoms with Crippen LogP contribution in [-0.2, 0) is 17.6 Å². The normalized spacial score (nSPS) is 10.2. The lowest BCUT2D eigenvalue weighted by Crippen LogP contribution is -1.91. The summed E-state index contributed by atoms with van der Waals surface area (Å²) in [6, 6.07) is 16.4. The van der Waals surface area contributed by atoms with Gasteiger partial charge in [0.15, 0.2) is 0 Å². The van der Waals surface area contributed by atoms with E-state index in [-0.39, 0.29) is 0 Å². The van der Waals surface area contributed by atoms with Crippen LogP contribution in [0.5, 0.6) is 0 Å². The number of ether oxygens (including phenoxy) is 1. The van der Waals surface area contributed by atoms with Gasteiger partial charge in [-0.2, -0.15) is 0 Å². The van der Waals surface area contributed by atoms with Gasteiger partial charge >= 0.3 is 0 Å². The Bertz CT molecular complexity index is 660. The fourth-order valence-electron chi connectivity index (χ4n) is 1.98. The molecule has 0 N–H and O–H groups in total. The van der Waals surface area contributed by atoms with Crippen LogP contribution >= 0.6 is 15.9 Å². The van der Waals surface area contributed by atoms with Crippen LogP contribution in [-0.4, -0.2) is 7.11 Å². The lowest BCUT2D eigenvalue weighted by atomic mass is 10.0. The highest BCUT2D eigenvalue weighted by Gasteiger charge is 1.98. The van der Waals surface area contributed by atoms with Crippen LogP contribution in [0.3, 0.4) is 0 Å². The maximum Gasteiger partial charge on any atom is 0.0788 e. The molecule has 0 aromatic heterocycles. The van der Waals surface area contributed by atoms with Gasteiger partial charge in [0.05, 0.1) is 13.4 Å². The van der Waals surface area contributed by atoms with Crippen LogP contribution in [0.15, 0.2) is 65.3 Å². The largest absolute Gasteiger partial charge is 0.505 e. The number of rotatable bonds is 4. The first kappa shape index (κ1) is 15.4. The first-order valence-corrected chi connectivity index (χ1v) is 7.58. The van der Waals surface area contributed by atoms with Crippen molar-refractivity contribution >= 4 is 15.9 Å². The van der Waals surface area contributed by atoms with E-state index >= 15 is 0 Å². The maximum atomic E-state index is 4.94. The Kier molecular flexibility index (Phi) is 6.12. The minimum Gasteiger partial charge on any atom is -0.505 e. The van der Waals surface area contributed by atoms with E-state index in [9.17, 15) is 0 Å². The van der Waals surface area contributed by atoms with Crippen molar-refractivity contribution in [2.75, 3.05) is 7.11 Å². The molecule has 0 aliphatic rings. The summed E-state index contributed by atoms with van der Waals surface area (Å²) in [4.78, 5) is 0. The van der Waals surface area contributed by atoms with E-state index in [0.29, 0.717) is 0 Å². The van der Waals surface area contributed by atoms with Crippen LogP contribution in [0, 0.1) is 11.8 Å². The van der Waals surface area contributed by atoms with Crippen molar-refractivity contribution in [2.24, 2.45) is 0 Å². The van der Waals surface area contributed by atoms with Gasteiger partial charge in [0, 0.05) is 16.5 Å². The molecule has 2 aromatic carbocycles. The smallest absolute Gasteiger partial charge is 0.0788 e. The molecule has 21 heavy (non-hydrogen) atoms. The summed E-state index contributed by atoms with van der Waals surface area (Å²) in [5.41, 5.74) is 3.59. The second kappa shape index (κ2) is 8.34. The van der Waals surface area contributed by atoms with Crippen molar-refractivity contribution in [1.82, 2.24) is 0 Å². The third-order valence-corrected chi connectivity index (χ3v) is 3.57. The van der Waals surface area contributed by atoms with Gasteiger partial charge in [-0.3, -0.25) is 0 Å². The number of methoxy groups -OCH3 is 1. The highest BCUT2D eigenvalue weighted by Crippen LogP contribution is 2.12. The van der Waals surface area contributed by atoms with Gasteiger partial charge in [0.1, 0.15) is 0 Å². The Morgan fingerprint density at radius 1 is 1.05 bits per heavy atom. The molecule has 2 rings (SSSR count). The van der Waals surface area contributed by atoms with Crippen molar-refractivity contribution in [3.63, 3.8) is 0 Å². The number of hydrogen-bond donors (Lipinski definition) is 0. The van der Waals surface area contributed by atoms with Crippen molar-refractivity contribution in [3.8, 4) is 11.8 Å². The molecule has 0 saturated carbocycles. The van der Waals surface area contributed by atoms with E-state index in [0.717, 1.165) is 22.9 Å². The predicted octanol–water partition coefficient (Wildman–Crippen LogP) is 4.75. The third kappa shape index (κ3) is 5.13. The fourth-order valence-corrected chi connectivity index (χ4v) is 2.24. The molecule has 0 spiro atoms. The number of benzene rings is 2. The summed E-state index contributed by atoms with van der Waals surface area (Å²) < 4.78 is 6.01. The Balaban J connectivity index is 2.06. The summed E-state index contributed by atoms with van der Waals surface area (Å²) in [6.45, 7) is 0. The van der Waals surface area contributed by atoms with Gasteiger partial charge < -0.3 is 4.74 Å². The van der Waals surface area contributed by atoms with Crippen LogP contribution < -0.4 is 0 Å². The zero-order valence-corrected chi connectivity index (χ0v) is 13.6. The molecule has 106 valence electrons. The standard InChI is InChI=1S/C19H17BrO/c1-21-15-5-10-18-8-3-2-7-17(18)9-4-6-16-11-13-19(20)14-12-16/h2-3,5,7-8,11-15H,9-10H2,1H3/b15-5+. The van der Waals surface area contributed by atoms with Gasteiger partial charge in [0.2, 0.25) is 0 Å². The van der Waals surface area contributed by atoms with Crippen molar-refractivity contribution < 1.29 is 4.74 Å². The quantitative estimate of drug-likeness (QED) is 0.576. The summed E-state index contributed by atoms with van der Waals surface area (Å²) in [5, 5.41) is 0. The summed E-state index contributed by atoms with van der Waals surface area (Å²) in [5.74, 6) is 6.45. The molecule has 0 atom stereocenters. The Hall–Kier alpha value is -1.98. The molecule has 0 amide bonds. The molecule has 0 aliphatic carbocycles. The minimum absolute atomic E-state index is 0.757. The molecule has 2 aromatic rings. The van der Waals surface area contributed by atoms with E-state index in [1.165, 1.54) is 11.1 Å². The van der Waals surface area contributed by atoms with Crippen LogP contribution in [0.4, 0.5) is 0 Å². The number of hydrogen-bond acceptors (Lipinski definition) is 1. The van der Waals surface area contributed by atoms with Crippen molar-refractivity contribution in [3.05, 3.63) is 82.0 Å². The summed E-state index contributed by atoms with van der Waals surface area (Å²) in [7, 11) is 1.66. The second-order valence-electron chi connectivity index (χ2n) is 4.57. The van der Waals surface area contributed by atoms with Crippen LogP contribution in [0.2, 0.25) is 0 Å². The van der Waals surface area contributed by atoms with E-state index < -0.39 is 0 Å². The highest BCUT2D eigenvalue weighted by molar-refractivity contribution is 9.10. The Labute approximate surface area is 134 Å². The molecule has 0 radical (unpaired) electrons. The zero-order chi connectivity index (χ0) is 14.9. The first-order chi connectivity index (χ1) is 10.3. The maximum absolute atomic E-state index is 4.94. The lowest BCUT2D eigenvalue weighted by molar-refractivity contribution is 0.337. The topological polar surface area (TPSA) is 9.23 Å². The fraction of sp³-hybridized carbons (Fsp3) is 0.158. The van der Waals surface area contributed by atoms with Gasteiger partial charge in [-0.15, -0.1) is 0 Å². The van der Waals surface area contributed by atoms with E-state index in [1.54, 1.807) is 13.4 Å². The second-order valence-corrected chi connectivity index (χ2v) is 5.48. The number of halogens is 1. The van der Waals surface area contributed by atoms with Gasteiger partial charge in [-0.25, -0.2) is 0 Å². The summed E-state index contributed by atoms with van der Waals surface area (Å²) in [6.07, 6.45) is 5.35. The van der Waals surface area contributed by atoms with Crippen LogP contribution in [0.25, 0.3) is 0 Å². The predicted molar refractivity (Wildman–Crippen MR) is 91.0 cm³/mol. The van der Waals surface area contributed by atoms with E-state index in [1.807, 2.05) is 30.3 Å². The molecular formula is C19H17BrO. The first-order valence-electron chi connectivity index (χ1n) is 6.78. The molecule has 0 saturated heterocycles. The zero-order valence-electron chi connectivity index (χ0n) is 12.0. The van der Waals surface area contributed by atoms with Gasteiger partial charge in [-0.1, -0.05) is 52.0 Å². The van der Waals surface area contributed by atoms with Crippen molar-refractivity contribution in [2.45, 2.75) is 12.8 Å². The van der Waals surface area contributed by atoms with Crippen LogP contribution in [0.1, 0.15) is 16.7 Å². The Morgan fingerprint density at radius 3 is 2.48 bits per heavy atom.